The zero-order valence-corrected chi connectivity index (χ0v) is 21.3. The van der Waals surface area contributed by atoms with E-state index in [0.29, 0.717) is 24.0 Å². The van der Waals surface area contributed by atoms with Gasteiger partial charge in [0.25, 0.3) is 0 Å². The Balaban J connectivity index is 1.46. The molecule has 0 aliphatic heterocycles. The van der Waals surface area contributed by atoms with Crippen LogP contribution in [0.15, 0.2) is 78.0 Å². The number of hydrogen-bond donors (Lipinski definition) is 2. The summed E-state index contributed by atoms with van der Waals surface area (Å²) in [4.78, 5) is 12.6. The fourth-order valence-electron chi connectivity index (χ4n) is 3.48. The maximum Gasteiger partial charge on any atom is 0.234 e. The average Bonchev–Trinajstić information content (AvgIpc) is 3.31. The number of aromatic nitrogens is 3. The molecule has 0 saturated carbocycles. The summed E-state index contributed by atoms with van der Waals surface area (Å²) in [5.74, 6) is 2.38. The number of carbonyl (C=O) groups is 1. The van der Waals surface area contributed by atoms with Gasteiger partial charge in [-0.3, -0.25) is 9.36 Å². The highest BCUT2D eigenvalue weighted by molar-refractivity contribution is 7.99. The maximum atomic E-state index is 12.6. The number of ether oxygens (including phenoxy) is 2. The summed E-state index contributed by atoms with van der Waals surface area (Å²) in [6.45, 7) is 5.10. The van der Waals surface area contributed by atoms with Gasteiger partial charge in [0.2, 0.25) is 5.91 Å². The molecule has 4 aromatic rings. The van der Waals surface area contributed by atoms with Gasteiger partial charge in [-0.15, -0.1) is 10.2 Å². The first-order valence-corrected chi connectivity index (χ1v) is 12.6. The zero-order chi connectivity index (χ0) is 25.3. The Hall–Kier alpha value is -3.98. The van der Waals surface area contributed by atoms with E-state index in [0.717, 1.165) is 34.3 Å². The van der Waals surface area contributed by atoms with Crippen LogP contribution >= 0.6 is 11.8 Å². The lowest BCUT2D eigenvalue weighted by Gasteiger charge is -2.12. The Morgan fingerprint density at radius 3 is 2.25 bits per heavy atom. The molecule has 0 fully saturated rings. The standard InChI is InChI=1S/C27H29N5O3S/c1-4-35-24-15-7-20(8-16-24)28-17-25-30-31-27(32(25)22-11-5-19(2)6-12-22)36-18-26(33)29-21-9-13-23(34-3)14-10-21/h5-16,28H,4,17-18H2,1-3H3,(H,29,33). The first-order chi connectivity index (χ1) is 17.6. The van der Waals surface area contributed by atoms with Gasteiger partial charge in [0.15, 0.2) is 11.0 Å². The highest BCUT2D eigenvalue weighted by Crippen LogP contribution is 2.24. The molecule has 2 N–H and O–H groups in total. The minimum atomic E-state index is -0.127. The van der Waals surface area contributed by atoms with Crippen LogP contribution in [0.4, 0.5) is 11.4 Å². The number of amides is 1. The van der Waals surface area contributed by atoms with Crippen molar-refractivity contribution in [1.29, 1.82) is 0 Å². The van der Waals surface area contributed by atoms with Gasteiger partial charge < -0.3 is 20.1 Å². The molecule has 0 bridgehead atoms. The fraction of sp³-hybridized carbons (Fsp3) is 0.222. The summed E-state index contributed by atoms with van der Waals surface area (Å²) >= 11 is 1.34. The molecule has 1 aromatic heterocycles. The Labute approximate surface area is 215 Å². The van der Waals surface area contributed by atoms with Crippen LogP contribution in [-0.2, 0) is 11.3 Å². The van der Waals surface area contributed by atoms with Gasteiger partial charge in [-0.2, -0.15) is 0 Å². The fourth-order valence-corrected chi connectivity index (χ4v) is 4.25. The predicted octanol–water partition coefficient (Wildman–Crippen LogP) is 5.33. The van der Waals surface area contributed by atoms with Crippen LogP contribution in [0.25, 0.3) is 5.69 Å². The van der Waals surface area contributed by atoms with E-state index in [-0.39, 0.29) is 11.7 Å². The Bertz CT molecular complexity index is 1270. The van der Waals surface area contributed by atoms with Crippen molar-refractivity contribution in [2.45, 2.75) is 25.5 Å². The quantitative estimate of drug-likeness (QED) is 0.268. The molecule has 8 nitrogen and oxygen atoms in total. The van der Waals surface area contributed by atoms with Gasteiger partial charge in [-0.1, -0.05) is 29.5 Å². The number of benzene rings is 3. The van der Waals surface area contributed by atoms with Crippen LogP contribution in [0.2, 0.25) is 0 Å². The SMILES string of the molecule is CCOc1ccc(NCc2nnc(SCC(=O)Nc3ccc(OC)cc3)n2-c2ccc(C)cc2)cc1. The van der Waals surface area contributed by atoms with Crippen LogP contribution < -0.4 is 20.1 Å². The molecule has 0 aliphatic rings. The Kier molecular flexibility index (Phi) is 8.46. The molecule has 0 aliphatic carbocycles. The van der Waals surface area contributed by atoms with Crippen molar-refractivity contribution in [3.8, 4) is 17.2 Å². The Morgan fingerprint density at radius 2 is 1.58 bits per heavy atom. The molecule has 0 radical (unpaired) electrons. The van der Waals surface area contributed by atoms with Crippen molar-refractivity contribution in [2.24, 2.45) is 0 Å². The second-order valence-electron chi connectivity index (χ2n) is 7.95. The van der Waals surface area contributed by atoms with Crippen molar-refractivity contribution < 1.29 is 14.3 Å². The maximum absolute atomic E-state index is 12.6. The van der Waals surface area contributed by atoms with Crippen molar-refractivity contribution in [2.75, 3.05) is 30.1 Å². The second-order valence-corrected chi connectivity index (χ2v) is 8.89. The van der Waals surface area contributed by atoms with E-state index < -0.39 is 0 Å². The molecular weight excluding hydrogens is 474 g/mol. The molecule has 1 heterocycles. The smallest absolute Gasteiger partial charge is 0.234 e. The number of thioether (sulfide) groups is 1. The molecule has 4 rings (SSSR count). The van der Waals surface area contributed by atoms with Crippen LogP contribution in [0, 0.1) is 6.92 Å². The van der Waals surface area contributed by atoms with Crippen molar-refractivity contribution in [1.82, 2.24) is 14.8 Å². The third-order valence-corrected chi connectivity index (χ3v) is 6.24. The van der Waals surface area contributed by atoms with Gasteiger partial charge >= 0.3 is 0 Å². The van der Waals surface area contributed by atoms with Gasteiger partial charge in [0.1, 0.15) is 11.5 Å². The van der Waals surface area contributed by atoms with Gasteiger partial charge in [0.05, 0.1) is 26.0 Å². The van der Waals surface area contributed by atoms with Gasteiger partial charge in [-0.05, 0) is 74.5 Å². The Morgan fingerprint density at radius 1 is 0.917 bits per heavy atom. The first-order valence-electron chi connectivity index (χ1n) is 11.6. The summed E-state index contributed by atoms with van der Waals surface area (Å²) in [7, 11) is 1.61. The lowest BCUT2D eigenvalue weighted by atomic mass is 10.2. The van der Waals surface area contributed by atoms with Crippen molar-refractivity contribution in [3.63, 3.8) is 0 Å². The lowest BCUT2D eigenvalue weighted by Crippen LogP contribution is -2.15. The van der Waals surface area contributed by atoms with Crippen LogP contribution in [0.1, 0.15) is 18.3 Å². The largest absolute Gasteiger partial charge is 0.497 e. The third kappa shape index (κ3) is 6.57. The third-order valence-electron chi connectivity index (χ3n) is 5.31. The van der Waals surface area contributed by atoms with Crippen LogP contribution in [-0.4, -0.2) is 40.1 Å². The number of rotatable bonds is 11. The molecule has 0 atom stereocenters. The lowest BCUT2D eigenvalue weighted by molar-refractivity contribution is -0.113. The summed E-state index contributed by atoms with van der Waals surface area (Å²) in [5, 5.41) is 15.7. The molecule has 0 unspecified atom stereocenters. The second kappa shape index (κ2) is 12.1. The normalized spacial score (nSPS) is 10.6. The van der Waals surface area contributed by atoms with E-state index in [2.05, 4.69) is 20.8 Å². The molecular formula is C27H29N5O3S. The van der Waals surface area contributed by atoms with Crippen molar-refractivity contribution >= 4 is 29.0 Å². The number of carbonyl (C=O) groups excluding carboxylic acids is 1. The van der Waals surface area contributed by atoms with E-state index in [4.69, 9.17) is 9.47 Å². The molecule has 9 heteroatoms. The highest BCUT2D eigenvalue weighted by Gasteiger charge is 2.16. The van der Waals surface area contributed by atoms with Crippen molar-refractivity contribution in [3.05, 3.63) is 84.2 Å². The molecule has 36 heavy (non-hydrogen) atoms. The summed E-state index contributed by atoms with van der Waals surface area (Å²) in [6, 6.07) is 23.2. The number of hydrogen-bond acceptors (Lipinski definition) is 7. The van der Waals surface area contributed by atoms with E-state index in [9.17, 15) is 4.79 Å². The summed E-state index contributed by atoms with van der Waals surface area (Å²) in [6.07, 6.45) is 0. The first kappa shape index (κ1) is 25.1. The van der Waals surface area contributed by atoms with E-state index in [1.165, 1.54) is 11.8 Å². The number of methoxy groups -OCH3 is 1. The number of nitrogens with zero attached hydrogens (tertiary/aromatic N) is 3. The molecule has 0 saturated heterocycles. The van der Waals surface area contributed by atoms with Crippen LogP contribution in [0.3, 0.4) is 0 Å². The number of nitrogens with one attached hydrogen (secondary N) is 2. The van der Waals surface area contributed by atoms with E-state index in [1.807, 2.05) is 66.9 Å². The van der Waals surface area contributed by atoms with Gasteiger partial charge in [-0.25, -0.2) is 0 Å². The number of anilines is 2. The summed E-state index contributed by atoms with van der Waals surface area (Å²) < 4.78 is 12.7. The predicted molar refractivity (Wildman–Crippen MR) is 143 cm³/mol. The monoisotopic (exact) mass is 503 g/mol. The average molecular weight is 504 g/mol. The minimum Gasteiger partial charge on any atom is -0.497 e. The minimum absolute atomic E-state index is 0.127. The topological polar surface area (TPSA) is 90.3 Å². The molecule has 3 aromatic carbocycles. The summed E-state index contributed by atoms with van der Waals surface area (Å²) in [5.41, 5.74) is 3.76. The molecule has 186 valence electrons. The van der Waals surface area contributed by atoms with E-state index >= 15 is 0 Å². The van der Waals surface area contributed by atoms with Gasteiger partial charge in [0, 0.05) is 17.1 Å². The molecule has 1 amide bonds. The number of aryl methyl sites for hydroxylation is 1. The van der Waals surface area contributed by atoms with Crippen LogP contribution in [0.5, 0.6) is 11.5 Å². The highest BCUT2D eigenvalue weighted by atomic mass is 32.2. The molecule has 0 spiro atoms. The van der Waals surface area contributed by atoms with E-state index in [1.54, 1.807) is 31.4 Å². The zero-order valence-electron chi connectivity index (χ0n) is 20.5.